The largest absolute Gasteiger partial charge is 0.494 e. The van der Waals surface area contributed by atoms with E-state index >= 15 is 0 Å². The number of piperidine rings is 1. The first kappa shape index (κ1) is 14.3. The van der Waals surface area contributed by atoms with E-state index in [-0.39, 0.29) is 23.6 Å². The Labute approximate surface area is 114 Å². The van der Waals surface area contributed by atoms with Crippen LogP contribution in [-0.2, 0) is 6.42 Å². The van der Waals surface area contributed by atoms with Gasteiger partial charge in [0.05, 0.1) is 13.7 Å². The molecule has 1 aromatic rings. The van der Waals surface area contributed by atoms with E-state index < -0.39 is 0 Å². The summed E-state index contributed by atoms with van der Waals surface area (Å²) in [6, 6.07) is 5.06. The summed E-state index contributed by atoms with van der Waals surface area (Å²) in [5, 5.41) is 9.75. The molecule has 3 nitrogen and oxygen atoms in total. The van der Waals surface area contributed by atoms with Crippen LogP contribution >= 0.6 is 0 Å². The Morgan fingerprint density at radius 1 is 1.47 bits per heavy atom. The van der Waals surface area contributed by atoms with Gasteiger partial charge in [0, 0.05) is 12.0 Å². The van der Waals surface area contributed by atoms with E-state index in [9.17, 15) is 9.50 Å². The summed E-state index contributed by atoms with van der Waals surface area (Å²) in [6.07, 6.45) is 2.77. The lowest BCUT2D eigenvalue weighted by Crippen LogP contribution is -2.44. The standard InChI is InChI=1S/C15H22FNO2/c1-17-7-3-6-15(10-17,11-18)9-12-4-5-14(19-2)13(16)8-12/h4-5,8,18H,3,6-7,9-11H2,1-2H3. The molecule has 0 radical (unpaired) electrons. The fourth-order valence-corrected chi connectivity index (χ4v) is 3.04. The highest BCUT2D eigenvalue weighted by Gasteiger charge is 2.34. The zero-order chi connectivity index (χ0) is 13.9. The number of methoxy groups -OCH3 is 1. The molecule has 1 aliphatic rings. The molecule has 0 saturated carbocycles. The highest BCUT2D eigenvalue weighted by atomic mass is 19.1. The molecule has 1 unspecified atom stereocenters. The number of hydrogen-bond acceptors (Lipinski definition) is 3. The quantitative estimate of drug-likeness (QED) is 0.906. The molecule has 0 aromatic heterocycles. The average Bonchev–Trinajstić information content (AvgIpc) is 2.39. The molecule has 1 aromatic carbocycles. The van der Waals surface area contributed by atoms with Crippen molar-refractivity contribution >= 4 is 0 Å². The number of aliphatic hydroxyl groups excluding tert-OH is 1. The van der Waals surface area contributed by atoms with E-state index in [1.807, 2.05) is 6.07 Å². The molecule has 19 heavy (non-hydrogen) atoms. The van der Waals surface area contributed by atoms with Gasteiger partial charge >= 0.3 is 0 Å². The predicted molar refractivity (Wildman–Crippen MR) is 72.9 cm³/mol. The van der Waals surface area contributed by atoms with Crippen LogP contribution < -0.4 is 4.74 Å². The Balaban J connectivity index is 2.16. The number of halogens is 1. The number of rotatable bonds is 4. The van der Waals surface area contributed by atoms with Crippen molar-refractivity contribution in [2.24, 2.45) is 5.41 Å². The lowest BCUT2D eigenvalue weighted by atomic mass is 9.76. The first-order valence-electron chi connectivity index (χ1n) is 6.70. The maximum absolute atomic E-state index is 13.7. The van der Waals surface area contributed by atoms with Crippen molar-refractivity contribution in [1.82, 2.24) is 4.90 Å². The molecule has 1 saturated heterocycles. The van der Waals surface area contributed by atoms with E-state index in [0.29, 0.717) is 6.42 Å². The van der Waals surface area contributed by atoms with Crippen molar-refractivity contribution in [3.63, 3.8) is 0 Å². The van der Waals surface area contributed by atoms with Gasteiger partial charge < -0.3 is 14.7 Å². The number of likely N-dealkylation sites (tertiary alicyclic amines) is 1. The molecule has 1 N–H and O–H groups in total. The van der Waals surface area contributed by atoms with Gasteiger partial charge in [-0.3, -0.25) is 0 Å². The second-order valence-electron chi connectivity index (χ2n) is 5.65. The smallest absolute Gasteiger partial charge is 0.165 e. The molecule has 2 rings (SSSR count). The molecule has 1 fully saturated rings. The minimum Gasteiger partial charge on any atom is -0.494 e. The summed E-state index contributed by atoms with van der Waals surface area (Å²) in [7, 11) is 3.53. The van der Waals surface area contributed by atoms with Gasteiger partial charge in [0.25, 0.3) is 0 Å². The highest BCUT2D eigenvalue weighted by molar-refractivity contribution is 5.30. The van der Waals surface area contributed by atoms with Gasteiger partial charge in [0.15, 0.2) is 11.6 Å². The predicted octanol–water partition coefficient (Wildman–Crippen LogP) is 2.08. The molecular formula is C15H22FNO2. The summed E-state index contributed by atoms with van der Waals surface area (Å²) >= 11 is 0. The van der Waals surface area contributed by atoms with Gasteiger partial charge in [-0.05, 0) is 50.6 Å². The first-order valence-corrected chi connectivity index (χ1v) is 6.70. The third-order valence-corrected chi connectivity index (χ3v) is 3.98. The molecule has 1 aliphatic heterocycles. The Bertz CT molecular complexity index is 438. The first-order chi connectivity index (χ1) is 9.08. The number of ether oxygens (including phenoxy) is 1. The maximum Gasteiger partial charge on any atom is 0.165 e. The minimum atomic E-state index is -0.336. The van der Waals surface area contributed by atoms with Crippen LogP contribution in [0.3, 0.4) is 0 Å². The SMILES string of the molecule is COc1ccc(CC2(CO)CCCN(C)C2)cc1F. The molecule has 0 spiro atoms. The van der Waals surface area contributed by atoms with Crippen molar-refractivity contribution in [3.8, 4) is 5.75 Å². The third-order valence-electron chi connectivity index (χ3n) is 3.98. The van der Waals surface area contributed by atoms with Gasteiger partial charge in [-0.25, -0.2) is 4.39 Å². The minimum absolute atomic E-state index is 0.144. The molecule has 1 atom stereocenters. The Morgan fingerprint density at radius 3 is 2.84 bits per heavy atom. The van der Waals surface area contributed by atoms with Crippen LogP contribution in [0.25, 0.3) is 0 Å². The maximum atomic E-state index is 13.7. The van der Waals surface area contributed by atoms with Gasteiger partial charge in [0.1, 0.15) is 0 Å². The van der Waals surface area contributed by atoms with Crippen LogP contribution in [-0.4, -0.2) is 43.9 Å². The van der Waals surface area contributed by atoms with E-state index in [0.717, 1.165) is 31.5 Å². The lowest BCUT2D eigenvalue weighted by molar-refractivity contribution is 0.0438. The molecule has 4 heteroatoms. The second-order valence-corrected chi connectivity index (χ2v) is 5.65. The summed E-state index contributed by atoms with van der Waals surface area (Å²) in [5.74, 6) is -0.0696. The molecule has 0 aliphatic carbocycles. The third kappa shape index (κ3) is 3.25. The van der Waals surface area contributed by atoms with E-state index in [4.69, 9.17) is 4.74 Å². The number of hydrogen-bond donors (Lipinski definition) is 1. The zero-order valence-electron chi connectivity index (χ0n) is 11.7. The molecule has 0 bridgehead atoms. The summed E-state index contributed by atoms with van der Waals surface area (Å²) in [5.41, 5.74) is 0.774. The summed E-state index contributed by atoms with van der Waals surface area (Å²) in [6.45, 7) is 2.07. The summed E-state index contributed by atoms with van der Waals surface area (Å²) < 4.78 is 18.6. The van der Waals surface area contributed by atoms with Crippen molar-refractivity contribution in [2.75, 3.05) is 33.9 Å². The normalized spacial score (nSPS) is 24.4. The van der Waals surface area contributed by atoms with Gasteiger partial charge in [0.2, 0.25) is 0 Å². The fraction of sp³-hybridized carbons (Fsp3) is 0.600. The number of aliphatic hydroxyl groups is 1. The van der Waals surface area contributed by atoms with Crippen LogP contribution in [0.2, 0.25) is 0 Å². The zero-order valence-corrected chi connectivity index (χ0v) is 11.7. The number of benzene rings is 1. The van der Waals surface area contributed by atoms with Crippen LogP contribution in [0, 0.1) is 11.2 Å². The van der Waals surface area contributed by atoms with Gasteiger partial charge in [-0.15, -0.1) is 0 Å². The van der Waals surface area contributed by atoms with Crippen LogP contribution in [0.1, 0.15) is 18.4 Å². The molecule has 106 valence electrons. The van der Waals surface area contributed by atoms with E-state index in [2.05, 4.69) is 11.9 Å². The Kier molecular flexibility index (Phi) is 4.42. The van der Waals surface area contributed by atoms with E-state index in [1.54, 1.807) is 6.07 Å². The van der Waals surface area contributed by atoms with Crippen molar-refractivity contribution < 1.29 is 14.2 Å². The Morgan fingerprint density at radius 2 is 2.26 bits per heavy atom. The molecular weight excluding hydrogens is 245 g/mol. The van der Waals surface area contributed by atoms with Gasteiger partial charge in [-0.1, -0.05) is 6.07 Å². The van der Waals surface area contributed by atoms with Crippen LogP contribution in [0.4, 0.5) is 4.39 Å². The van der Waals surface area contributed by atoms with Crippen molar-refractivity contribution in [2.45, 2.75) is 19.3 Å². The average molecular weight is 267 g/mol. The topological polar surface area (TPSA) is 32.7 Å². The van der Waals surface area contributed by atoms with E-state index in [1.165, 1.54) is 13.2 Å². The highest BCUT2D eigenvalue weighted by Crippen LogP contribution is 2.33. The monoisotopic (exact) mass is 267 g/mol. The van der Waals surface area contributed by atoms with Crippen molar-refractivity contribution in [3.05, 3.63) is 29.6 Å². The van der Waals surface area contributed by atoms with Gasteiger partial charge in [-0.2, -0.15) is 0 Å². The van der Waals surface area contributed by atoms with Crippen molar-refractivity contribution in [1.29, 1.82) is 0 Å². The molecule has 0 amide bonds. The van der Waals surface area contributed by atoms with Crippen LogP contribution in [0.15, 0.2) is 18.2 Å². The second kappa shape index (κ2) is 5.88. The lowest BCUT2D eigenvalue weighted by Gasteiger charge is -2.40. The van der Waals surface area contributed by atoms with Crippen LogP contribution in [0.5, 0.6) is 5.75 Å². The fourth-order valence-electron chi connectivity index (χ4n) is 3.04. The summed E-state index contributed by atoms with van der Waals surface area (Å²) in [4.78, 5) is 2.24. The number of nitrogens with zero attached hydrogens (tertiary/aromatic N) is 1. The Hall–Kier alpha value is -1.13. The molecule has 1 heterocycles.